The minimum atomic E-state index is -2.80. The van der Waals surface area contributed by atoms with Crippen molar-refractivity contribution in [2.24, 2.45) is 0 Å². The van der Waals surface area contributed by atoms with E-state index in [1.54, 1.807) is 0 Å². The average molecular weight is 382 g/mol. The largest absolute Gasteiger partial charge is 0.320 e. The highest BCUT2D eigenvalue weighted by Gasteiger charge is 2.21. The van der Waals surface area contributed by atoms with Crippen LogP contribution in [0.2, 0.25) is 5.02 Å². The van der Waals surface area contributed by atoms with E-state index in [0.29, 0.717) is 0 Å². The second kappa shape index (κ2) is 6.64. The molecule has 0 unspecified atom stereocenters. The summed E-state index contributed by atoms with van der Waals surface area (Å²) in [6, 6.07) is 4.72. The van der Waals surface area contributed by atoms with Crippen molar-refractivity contribution in [3.63, 3.8) is 0 Å². The van der Waals surface area contributed by atoms with Crippen LogP contribution >= 0.6 is 11.6 Å². The molecule has 26 heavy (non-hydrogen) atoms. The van der Waals surface area contributed by atoms with E-state index >= 15 is 0 Å². The number of halogens is 3. The molecule has 1 amide bonds. The topological polar surface area (TPSA) is 102 Å². The van der Waals surface area contributed by atoms with Crippen LogP contribution in [0.25, 0.3) is 5.65 Å². The maximum absolute atomic E-state index is 13.1. The summed E-state index contributed by atoms with van der Waals surface area (Å²) in [6.07, 6.45) is -1.71. The van der Waals surface area contributed by atoms with Crippen LogP contribution in [-0.4, -0.2) is 25.4 Å². The number of aryl methyl sites for hydroxylation is 1. The summed E-state index contributed by atoms with van der Waals surface area (Å²) < 4.78 is 27.2. The number of nitrogens with zero attached hydrogens (tertiary/aromatic N) is 4. The van der Waals surface area contributed by atoms with Gasteiger partial charge in [-0.25, -0.2) is 18.3 Å². The number of anilines is 1. The average Bonchev–Trinajstić information content (AvgIpc) is 2.99. The number of nitro groups is 1. The van der Waals surface area contributed by atoms with Crippen molar-refractivity contribution < 1.29 is 18.5 Å². The third-order valence-corrected chi connectivity index (χ3v) is 3.83. The Morgan fingerprint density at radius 2 is 2.12 bits per heavy atom. The van der Waals surface area contributed by atoms with Gasteiger partial charge in [-0.3, -0.25) is 14.9 Å². The van der Waals surface area contributed by atoms with Gasteiger partial charge in [0.1, 0.15) is 11.3 Å². The minimum Gasteiger partial charge on any atom is -0.320 e. The molecule has 1 aromatic carbocycles. The maximum atomic E-state index is 13.1. The van der Waals surface area contributed by atoms with Crippen molar-refractivity contribution in [1.29, 1.82) is 0 Å². The van der Waals surface area contributed by atoms with E-state index < -0.39 is 22.9 Å². The molecule has 0 aliphatic heterocycles. The van der Waals surface area contributed by atoms with Gasteiger partial charge >= 0.3 is 0 Å². The highest BCUT2D eigenvalue weighted by Crippen LogP contribution is 2.28. The summed E-state index contributed by atoms with van der Waals surface area (Å²) in [4.78, 5) is 26.8. The first-order valence-electron chi connectivity index (χ1n) is 7.16. The molecule has 3 rings (SSSR count). The van der Waals surface area contributed by atoms with Crippen LogP contribution in [0.3, 0.4) is 0 Å². The molecule has 2 aromatic heterocycles. The number of aromatic nitrogens is 3. The standard InChI is InChI=1S/C15H10ClF2N5O3/c1-7-4-12(13(17)18)22-14(20-7)9(6-19-22)15(24)21-11-5-8(23(25)26)2-3-10(11)16/h2-6,13H,1H3,(H,21,24). The highest BCUT2D eigenvalue weighted by atomic mass is 35.5. The molecule has 0 saturated heterocycles. The van der Waals surface area contributed by atoms with Gasteiger partial charge in [0.15, 0.2) is 5.65 Å². The minimum absolute atomic E-state index is 0.00644. The number of fused-ring (bicyclic) bond motifs is 1. The van der Waals surface area contributed by atoms with Gasteiger partial charge in [-0.2, -0.15) is 5.10 Å². The van der Waals surface area contributed by atoms with Gasteiger partial charge < -0.3 is 5.32 Å². The summed E-state index contributed by atoms with van der Waals surface area (Å²) in [7, 11) is 0. The molecule has 0 fully saturated rings. The lowest BCUT2D eigenvalue weighted by atomic mass is 10.2. The molecular formula is C15H10ClF2N5O3. The molecule has 0 aliphatic rings. The molecule has 0 spiro atoms. The second-order valence-corrected chi connectivity index (χ2v) is 5.70. The Kier molecular flexibility index (Phi) is 4.51. The van der Waals surface area contributed by atoms with Crippen LogP contribution in [0.1, 0.15) is 28.2 Å². The molecule has 1 N–H and O–H groups in total. The summed E-state index contributed by atoms with van der Waals surface area (Å²) in [6.45, 7) is 1.51. The van der Waals surface area contributed by atoms with Gasteiger partial charge in [-0.15, -0.1) is 0 Å². The van der Waals surface area contributed by atoms with Crippen molar-refractivity contribution >= 4 is 34.5 Å². The Balaban J connectivity index is 2.02. The number of benzene rings is 1. The Bertz CT molecular complexity index is 1040. The van der Waals surface area contributed by atoms with Gasteiger partial charge in [0.05, 0.1) is 21.8 Å². The zero-order valence-electron chi connectivity index (χ0n) is 13.1. The number of rotatable bonds is 4. The van der Waals surface area contributed by atoms with E-state index in [-0.39, 0.29) is 33.3 Å². The van der Waals surface area contributed by atoms with Gasteiger partial charge in [-0.1, -0.05) is 11.6 Å². The van der Waals surface area contributed by atoms with Crippen molar-refractivity contribution in [2.75, 3.05) is 5.32 Å². The first kappa shape index (κ1) is 17.7. The van der Waals surface area contributed by atoms with E-state index in [9.17, 15) is 23.7 Å². The number of carbonyl (C=O) groups excluding carboxylic acids is 1. The maximum Gasteiger partial charge on any atom is 0.280 e. The lowest BCUT2D eigenvalue weighted by Gasteiger charge is -2.07. The van der Waals surface area contributed by atoms with Crippen LogP contribution in [0.5, 0.6) is 0 Å². The first-order chi connectivity index (χ1) is 12.3. The molecular weight excluding hydrogens is 372 g/mol. The zero-order valence-corrected chi connectivity index (χ0v) is 13.9. The SMILES string of the molecule is Cc1cc(C(F)F)n2ncc(C(=O)Nc3cc([N+](=O)[O-])ccc3Cl)c2n1. The summed E-state index contributed by atoms with van der Waals surface area (Å²) in [5.41, 5.74) is -0.501. The van der Waals surface area contributed by atoms with Gasteiger partial charge in [-0.05, 0) is 19.1 Å². The Hall–Kier alpha value is -3.14. The van der Waals surface area contributed by atoms with Crippen molar-refractivity contribution in [1.82, 2.24) is 14.6 Å². The molecule has 134 valence electrons. The fourth-order valence-corrected chi connectivity index (χ4v) is 2.51. The van der Waals surface area contributed by atoms with E-state index in [1.807, 2.05) is 0 Å². The van der Waals surface area contributed by atoms with E-state index in [4.69, 9.17) is 11.6 Å². The number of hydrogen-bond acceptors (Lipinski definition) is 5. The lowest BCUT2D eigenvalue weighted by molar-refractivity contribution is -0.384. The quantitative estimate of drug-likeness (QED) is 0.547. The van der Waals surface area contributed by atoms with Gasteiger partial charge in [0, 0.05) is 17.8 Å². The summed E-state index contributed by atoms with van der Waals surface area (Å²) in [5.74, 6) is -0.735. The molecule has 0 radical (unpaired) electrons. The first-order valence-corrected chi connectivity index (χ1v) is 7.54. The van der Waals surface area contributed by atoms with Crippen LogP contribution in [-0.2, 0) is 0 Å². The monoisotopic (exact) mass is 381 g/mol. The number of alkyl halides is 2. The summed E-state index contributed by atoms with van der Waals surface area (Å²) >= 11 is 5.94. The van der Waals surface area contributed by atoms with E-state index in [1.165, 1.54) is 25.1 Å². The van der Waals surface area contributed by atoms with E-state index in [0.717, 1.165) is 16.8 Å². The van der Waals surface area contributed by atoms with Crippen LogP contribution in [0.15, 0.2) is 30.5 Å². The highest BCUT2D eigenvalue weighted by molar-refractivity contribution is 6.34. The van der Waals surface area contributed by atoms with Gasteiger partial charge in [0.25, 0.3) is 18.0 Å². The third-order valence-electron chi connectivity index (χ3n) is 3.50. The number of carbonyl (C=O) groups is 1. The predicted octanol–water partition coefficient (Wildman–Crippen LogP) is 3.79. The van der Waals surface area contributed by atoms with Gasteiger partial charge in [0.2, 0.25) is 0 Å². The Morgan fingerprint density at radius 3 is 2.77 bits per heavy atom. The predicted molar refractivity (Wildman–Crippen MR) is 88.7 cm³/mol. The smallest absolute Gasteiger partial charge is 0.280 e. The fourth-order valence-electron chi connectivity index (χ4n) is 2.34. The number of nitrogens with one attached hydrogen (secondary N) is 1. The molecule has 3 aromatic rings. The fraction of sp³-hybridized carbons (Fsp3) is 0.133. The lowest BCUT2D eigenvalue weighted by Crippen LogP contribution is -2.13. The summed E-state index contributed by atoms with van der Waals surface area (Å²) in [5, 5.41) is 17.1. The third kappa shape index (κ3) is 3.18. The molecule has 0 bridgehead atoms. The normalized spacial score (nSPS) is 11.1. The zero-order chi connectivity index (χ0) is 19.0. The second-order valence-electron chi connectivity index (χ2n) is 5.29. The van der Waals surface area contributed by atoms with Crippen molar-refractivity contribution in [3.05, 3.63) is 62.6 Å². The van der Waals surface area contributed by atoms with Crippen LogP contribution in [0, 0.1) is 17.0 Å². The van der Waals surface area contributed by atoms with Crippen LogP contribution in [0.4, 0.5) is 20.2 Å². The number of nitro benzene ring substituents is 1. The molecule has 11 heteroatoms. The number of non-ortho nitro benzene ring substituents is 1. The van der Waals surface area contributed by atoms with Crippen LogP contribution < -0.4 is 5.32 Å². The molecule has 0 aliphatic carbocycles. The van der Waals surface area contributed by atoms with E-state index in [2.05, 4.69) is 15.4 Å². The molecule has 0 atom stereocenters. The Morgan fingerprint density at radius 1 is 1.38 bits per heavy atom. The van der Waals surface area contributed by atoms with Crippen molar-refractivity contribution in [3.8, 4) is 0 Å². The molecule has 8 nitrogen and oxygen atoms in total. The number of amides is 1. The molecule has 0 saturated carbocycles. The molecule has 2 heterocycles. The Labute approximate surface area is 149 Å². The van der Waals surface area contributed by atoms with Crippen molar-refractivity contribution in [2.45, 2.75) is 13.3 Å². The number of hydrogen-bond donors (Lipinski definition) is 1.